The highest BCUT2D eigenvalue weighted by Gasteiger charge is 2.19. The van der Waals surface area contributed by atoms with Gasteiger partial charge in [-0.3, -0.25) is 0 Å². The van der Waals surface area contributed by atoms with Crippen LogP contribution < -0.4 is 10.5 Å². The Morgan fingerprint density at radius 2 is 2.12 bits per heavy atom. The second-order valence-corrected chi connectivity index (χ2v) is 4.54. The van der Waals surface area contributed by atoms with E-state index in [0.717, 1.165) is 0 Å². The monoisotopic (exact) mass is 239 g/mol. The number of H-pyrrole nitrogens is 1. The fourth-order valence-corrected chi connectivity index (χ4v) is 2.17. The van der Waals surface area contributed by atoms with Gasteiger partial charge >= 0.3 is 0 Å². The predicted molar refractivity (Wildman–Crippen MR) is 58.0 cm³/mol. The average Bonchev–Trinajstić information content (AvgIpc) is 2.70. The number of nitrogen functional groups attached to an aromatic ring is 1. The summed E-state index contributed by atoms with van der Waals surface area (Å²) >= 11 is 0. The molecule has 0 aromatic carbocycles. The lowest BCUT2D eigenvalue weighted by molar-refractivity contribution is 0.598. The van der Waals surface area contributed by atoms with Gasteiger partial charge in [-0.05, 0) is 12.1 Å². The largest absolute Gasteiger partial charge is 0.396 e. The van der Waals surface area contributed by atoms with Gasteiger partial charge in [0.2, 0.25) is 5.95 Å². The van der Waals surface area contributed by atoms with Crippen molar-refractivity contribution < 1.29 is 8.42 Å². The zero-order valence-electron chi connectivity index (χ0n) is 8.08. The van der Waals surface area contributed by atoms with Crippen LogP contribution in [0.2, 0.25) is 0 Å². The van der Waals surface area contributed by atoms with Gasteiger partial charge in [0, 0.05) is 18.6 Å². The number of nitrogens with two attached hydrogens (primary N) is 1. The molecule has 2 heterocycles. The van der Waals surface area contributed by atoms with E-state index in [1.54, 1.807) is 6.07 Å². The second kappa shape index (κ2) is 3.81. The van der Waals surface area contributed by atoms with Crippen molar-refractivity contribution in [1.82, 2.24) is 15.0 Å². The molecule has 0 saturated carbocycles. The normalized spacial score (nSPS) is 11.2. The molecule has 16 heavy (non-hydrogen) atoms. The quantitative estimate of drug-likeness (QED) is 0.707. The number of aromatic nitrogens is 3. The molecule has 0 unspecified atom stereocenters. The van der Waals surface area contributed by atoms with Gasteiger partial charge in [0.05, 0.1) is 5.69 Å². The average molecular weight is 239 g/mol. The van der Waals surface area contributed by atoms with E-state index < -0.39 is 10.0 Å². The maximum atomic E-state index is 11.8. The van der Waals surface area contributed by atoms with Crippen LogP contribution in [0.4, 0.5) is 11.6 Å². The Hall–Kier alpha value is -2.09. The van der Waals surface area contributed by atoms with E-state index in [-0.39, 0.29) is 16.7 Å². The second-order valence-electron chi connectivity index (χ2n) is 2.94. The number of aromatic amines is 1. The van der Waals surface area contributed by atoms with Crippen LogP contribution in [0.3, 0.4) is 0 Å². The van der Waals surface area contributed by atoms with Gasteiger partial charge < -0.3 is 10.7 Å². The van der Waals surface area contributed by atoms with E-state index in [1.807, 2.05) is 0 Å². The molecular weight excluding hydrogens is 230 g/mol. The molecule has 2 aromatic heterocycles. The molecule has 0 atom stereocenters. The molecule has 4 N–H and O–H groups in total. The Morgan fingerprint density at radius 3 is 2.75 bits per heavy atom. The highest BCUT2D eigenvalue weighted by molar-refractivity contribution is 7.92. The number of nitrogens with zero attached hydrogens (tertiary/aromatic N) is 2. The van der Waals surface area contributed by atoms with Crippen LogP contribution in [-0.4, -0.2) is 23.4 Å². The van der Waals surface area contributed by atoms with Crippen LogP contribution in [0.15, 0.2) is 35.7 Å². The van der Waals surface area contributed by atoms with Crippen molar-refractivity contribution in [3.8, 4) is 0 Å². The lowest BCUT2D eigenvalue weighted by Crippen LogP contribution is -2.17. The first-order valence-corrected chi connectivity index (χ1v) is 5.80. The summed E-state index contributed by atoms with van der Waals surface area (Å²) in [6.07, 6.45) is 4.28. The van der Waals surface area contributed by atoms with Gasteiger partial charge in [-0.15, -0.1) is 0 Å². The number of hydrogen-bond donors (Lipinski definition) is 3. The van der Waals surface area contributed by atoms with Crippen molar-refractivity contribution in [3.63, 3.8) is 0 Å². The van der Waals surface area contributed by atoms with E-state index in [1.165, 1.54) is 24.7 Å². The minimum atomic E-state index is -3.79. The Labute approximate surface area is 91.8 Å². The minimum absolute atomic E-state index is 0.0848. The number of imidazole rings is 1. The first kappa shape index (κ1) is 10.4. The van der Waals surface area contributed by atoms with Crippen LogP contribution in [0, 0.1) is 0 Å². The third-order valence-corrected chi connectivity index (χ3v) is 3.10. The number of rotatable bonds is 3. The van der Waals surface area contributed by atoms with Crippen molar-refractivity contribution in [2.45, 2.75) is 5.03 Å². The summed E-state index contributed by atoms with van der Waals surface area (Å²) in [4.78, 5) is 10.1. The molecule has 0 spiro atoms. The third-order valence-electron chi connectivity index (χ3n) is 1.78. The van der Waals surface area contributed by atoms with E-state index in [2.05, 4.69) is 19.7 Å². The Bertz CT molecular complexity index is 578. The zero-order valence-corrected chi connectivity index (χ0v) is 8.90. The fourth-order valence-electron chi connectivity index (χ4n) is 1.12. The highest BCUT2D eigenvalue weighted by Crippen LogP contribution is 2.16. The molecule has 0 aliphatic rings. The smallest absolute Gasteiger partial charge is 0.283 e. The van der Waals surface area contributed by atoms with Gasteiger partial charge in [0.15, 0.2) is 5.03 Å². The SMILES string of the molecule is Nc1cccnc1S(=O)(=O)Nc1ncc[nH]1. The molecule has 0 aliphatic heterocycles. The van der Waals surface area contributed by atoms with Crippen LogP contribution in [0.1, 0.15) is 0 Å². The molecule has 0 amide bonds. The molecule has 0 fully saturated rings. The predicted octanol–water partition coefficient (Wildman–Crippen LogP) is 0.188. The molecule has 7 nitrogen and oxygen atoms in total. The first-order chi connectivity index (χ1) is 7.59. The molecule has 0 aliphatic carbocycles. The zero-order chi connectivity index (χ0) is 11.6. The van der Waals surface area contributed by atoms with Crippen molar-refractivity contribution in [2.75, 3.05) is 10.5 Å². The topological polar surface area (TPSA) is 114 Å². The number of anilines is 2. The van der Waals surface area contributed by atoms with Gasteiger partial charge in [-0.2, -0.15) is 8.42 Å². The number of hydrogen-bond acceptors (Lipinski definition) is 5. The Balaban J connectivity index is 2.37. The van der Waals surface area contributed by atoms with Crippen LogP contribution >= 0.6 is 0 Å². The van der Waals surface area contributed by atoms with Crippen LogP contribution in [0.5, 0.6) is 0 Å². The summed E-state index contributed by atoms with van der Waals surface area (Å²) in [6, 6.07) is 3.02. The lowest BCUT2D eigenvalue weighted by atomic mass is 10.4. The van der Waals surface area contributed by atoms with Crippen molar-refractivity contribution >= 4 is 21.7 Å². The van der Waals surface area contributed by atoms with Gasteiger partial charge in [0.1, 0.15) is 0 Å². The Morgan fingerprint density at radius 1 is 1.31 bits per heavy atom. The summed E-state index contributed by atoms with van der Waals surface area (Å²) in [5.74, 6) is 0.116. The highest BCUT2D eigenvalue weighted by atomic mass is 32.2. The van der Waals surface area contributed by atoms with E-state index in [0.29, 0.717) is 0 Å². The van der Waals surface area contributed by atoms with Crippen molar-refractivity contribution in [3.05, 3.63) is 30.7 Å². The standard InChI is InChI=1S/C8H9N5O2S/c9-6-2-1-3-10-7(6)16(14,15)13-8-11-4-5-12-8/h1-5H,9H2,(H2,11,12,13). The summed E-state index contributed by atoms with van der Waals surface area (Å²) in [6.45, 7) is 0. The molecule has 2 rings (SSSR count). The summed E-state index contributed by atoms with van der Waals surface area (Å²) in [5, 5.41) is -0.216. The molecule has 0 bridgehead atoms. The number of sulfonamides is 1. The third kappa shape index (κ3) is 1.96. The molecular formula is C8H9N5O2S. The van der Waals surface area contributed by atoms with Gasteiger partial charge in [-0.1, -0.05) is 0 Å². The summed E-state index contributed by atoms with van der Waals surface area (Å²) in [5.41, 5.74) is 5.61. The van der Waals surface area contributed by atoms with Gasteiger partial charge in [-0.25, -0.2) is 14.7 Å². The summed E-state index contributed by atoms with van der Waals surface area (Å²) in [7, 11) is -3.79. The summed E-state index contributed by atoms with van der Waals surface area (Å²) < 4.78 is 25.8. The number of nitrogens with one attached hydrogen (secondary N) is 2. The molecule has 2 aromatic rings. The minimum Gasteiger partial charge on any atom is -0.396 e. The first-order valence-electron chi connectivity index (χ1n) is 4.32. The van der Waals surface area contributed by atoms with Crippen molar-refractivity contribution in [2.24, 2.45) is 0 Å². The molecule has 0 saturated heterocycles. The molecule has 0 radical (unpaired) electrons. The molecule has 84 valence electrons. The maximum Gasteiger partial charge on any atom is 0.283 e. The fraction of sp³-hybridized carbons (Fsp3) is 0. The van der Waals surface area contributed by atoms with Crippen LogP contribution in [0.25, 0.3) is 0 Å². The Kier molecular flexibility index (Phi) is 2.49. The van der Waals surface area contributed by atoms with Crippen molar-refractivity contribution in [1.29, 1.82) is 0 Å². The lowest BCUT2D eigenvalue weighted by Gasteiger charge is -2.06. The number of pyridine rings is 1. The van der Waals surface area contributed by atoms with E-state index in [9.17, 15) is 8.42 Å². The maximum absolute atomic E-state index is 11.8. The molecule has 8 heteroatoms. The van der Waals surface area contributed by atoms with Crippen LogP contribution in [-0.2, 0) is 10.0 Å². The van der Waals surface area contributed by atoms with E-state index in [4.69, 9.17) is 5.73 Å². The van der Waals surface area contributed by atoms with Gasteiger partial charge in [0.25, 0.3) is 10.0 Å². The van der Waals surface area contributed by atoms with E-state index >= 15 is 0 Å².